The first-order valence-corrected chi connectivity index (χ1v) is 9.99. The molecule has 0 unspecified atom stereocenters. The van der Waals surface area contributed by atoms with Gasteiger partial charge < -0.3 is 14.8 Å². The van der Waals surface area contributed by atoms with Crippen molar-refractivity contribution in [2.24, 2.45) is 0 Å². The minimum atomic E-state index is -3.96. The summed E-state index contributed by atoms with van der Waals surface area (Å²) in [4.78, 5) is 12.3. The second-order valence-corrected chi connectivity index (χ2v) is 7.82. The lowest BCUT2D eigenvalue weighted by Crippen LogP contribution is -2.20. The van der Waals surface area contributed by atoms with E-state index in [0.29, 0.717) is 11.4 Å². The molecule has 0 radical (unpaired) electrons. The predicted molar refractivity (Wildman–Crippen MR) is 109 cm³/mol. The molecule has 0 aliphatic rings. The van der Waals surface area contributed by atoms with Crippen LogP contribution in [0.15, 0.2) is 77.7 Å². The molecular weight excluding hydrogens is 376 g/mol. The van der Waals surface area contributed by atoms with Crippen molar-refractivity contribution in [2.75, 3.05) is 10.6 Å². The molecule has 144 valence electrons. The number of urea groups is 1. The Morgan fingerprint density at radius 1 is 0.857 bits per heavy atom. The molecule has 28 heavy (non-hydrogen) atoms. The normalized spacial score (nSPS) is 10.9. The summed E-state index contributed by atoms with van der Waals surface area (Å²) in [5.74, 6) is 0.107. The quantitative estimate of drug-likeness (QED) is 0.612. The molecule has 0 saturated carbocycles. The molecule has 0 bridgehead atoms. The van der Waals surface area contributed by atoms with Crippen molar-refractivity contribution in [1.29, 1.82) is 0 Å². The van der Waals surface area contributed by atoms with Crippen molar-refractivity contribution >= 4 is 27.5 Å². The highest BCUT2D eigenvalue weighted by Gasteiger charge is 2.17. The van der Waals surface area contributed by atoms with E-state index in [-0.39, 0.29) is 10.6 Å². The van der Waals surface area contributed by atoms with Gasteiger partial charge in [-0.3, -0.25) is 0 Å². The third-order valence-corrected chi connectivity index (χ3v) is 5.21. The van der Waals surface area contributed by atoms with Gasteiger partial charge in [0.2, 0.25) is 0 Å². The monoisotopic (exact) mass is 396 g/mol. The molecule has 6 nitrogen and oxygen atoms in total. The fourth-order valence-electron chi connectivity index (χ4n) is 2.57. The van der Waals surface area contributed by atoms with Gasteiger partial charge in [0.1, 0.15) is 10.6 Å². The Morgan fingerprint density at radius 2 is 1.61 bits per heavy atom. The number of carbonyl (C=O) groups excluding carboxylic acids is 1. The zero-order valence-electron chi connectivity index (χ0n) is 15.5. The molecule has 0 fully saturated rings. The minimum Gasteiger partial charge on any atom is -0.379 e. The molecule has 0 saturated heterocycles. The molecule has 3 aromatic rings. The number of hydrogen-bond donors (Lipinski definition) is 2. The van der Waals surface area contributed by atoms with Crippen molar-refractivity contribution in [3.63, 3.8) is 0 Å². The van der Waals surface area contributed by atoms with Crippen LogP contribution >= 0.6 is 0 Å². The number of nitrogens with one attached hydrogen (secondary N) is 2. The molecule has 3 rings (SSSR count). The average Bonchev–Trinajstić information content (AvgIpc) is 2.63. The molecule has 0 spiro atoms. The maximum absolute atomic E-state index is 12.4. The SMILES string of the molecule is Cc1cccc(S(=O)(=O)Oc2cccc(NC(=O)Nc3ccccc3C)c2)c1. The summed E-state index contributed by atoms with van der Waals surface area (Å²) in [5.41, 5.74) is 2.84. The van der Waals surface area contributed by atoms with Gasteiger partial charge in [-0.15, -0.1) is 0 Å². The standard InChI is InChI=1S/C21H20N2O4S/c1-15-7-5-11-19(13-15)28(25,26)27-18-10-6-9-17(14-18)22-21(24)23-20-12-4-3-8-16(20)2/h3-14H,1-2H3,(H2,22,23,24). The Bertz CT molecular complexity index is 1110. The minimum absolute atomic E-state index is 0.0724. The van der Waals surface area contributed by atoms with Crippen LogP contribution in [0, 0.1) is 13.8 Å². The second-order valence-electron chi connectivity index (χ2n) is 6.28. The summed E-state index contributed by atoms with van der Waals surface area (Å²) in [6.45, 7) is 3.69. The van der Waals surface area contributed by atoms with Crippen LogP contribution in [0.5, 0.6) is 5.75 Å². The average molecular weight is 396 g/mol. The molecule has 2 N–H and O–H groups in total. The van der Waals surface area contributed by atoms with E-state index in [1.54, 1.807) is 37.3 Å². The third-order valence-electron chi connectivity index (χ3n) is 3.97. The second kappa shape index (κ2) is 8.14. The van der Waals surface area contributed by atoms with Gasteiger partial charge >= 0.3 is 16.1 Å². The molecule has 0 heterocycles. The smallest absolute Gasteiger partial charge is 0.339 e. The van der Waals surface area contributed by atoms with Crippen LogP contribution in [0.2, 0.25) is 0 Å². The first kappa shape index (κ1) is 19.4. The van der Waals surface area contributed by atoms with E-state index in [4.69, 9.17) is 4.18 Å². The van der Waals surface area contributed by atoms with Crippen LogP contribution < -0.4 is 14.8 Å². The van der Waals surface area contributed by atoms with Gasteiger partial charge in [0.25, 0.3) is 0 Å². The maximum Gasteiger partial charge on any atom is 0.339 e. The Morgan fingerprint density at radius 3 is 2.36 bits per heavy atom. The highest BCUT2D eigenvalue weighted by Crippen LogP contribution is 2.23. The summed E-state index contributed by atoms with van der Waals surface area (Å²) in [5, 5.41) is 5.42. The predicted octanol–water partition coefficient (Wildman–Crippen LogP) is 4.72. The van der Waals surface area contributed by atoms with Crippen molar-refractivity contribution in [1.82, 2.24) is 0 Å². The fourth-order valence-corrected chi connectivity index (χ4v) is 3.60. The lowest BCUT2D eigenvalue weighted by atomic mass is 10.2. The molecule has 0 aromatic heterocycles. The number of amides is 2. The molecule has 7 heteroatoms. The summed E-state index contributed by atoms with van der Waals surface area (Å²) >= 11 is 0. The summed E-state index contributed by atoms with van der Waals surface area (Å²) < 4.78 is 30.1. The van der Waals surface area contributed by atoms with Gasteiger partial charge in [0, 0.05) is 17.4 Å². The Kier molecular flexibility index (Phi) is 5.65. The molecular formula is C21H20N2O4S. The van der Waals surface area contributed by atoms with Gasteiger partial charge in [-0.05, 0) is 55.3 Å². The van der Waals surface area contributed by atoms with Gasteiger partial charge in [0.15, 0.2) is 0 Å². The summed E-state index contributed by atoms with van der Waals surface area (Å²) in [7, 11) is -3.96. The number of carbonyl (C=O) groups is 1. The van der Waals surface area contributed by atoms with Crippen LogP contribution in [-0.2, 0) is 10.1 Å². The summed E-state index contributed by atoms with van der Waals surface area (Å²) in [6, 6.07) is 19.6. The van der Waals surface area contributed by atoms with Gasteiger partial charge in [0.05, 0.1) is 0 Å². The Hall–Kier alpha value is -3.32. The maximum atomic E-state index is 12.4. The van der Waals surface area contributed by atoms with E-state index >= 15 is 0 Å². The molecule has 2 amide bonds. The topological polar surface area (TPSA) is 84.5 Å². The van der Waals surface area contributed by atoms with Crippen LogP contribution in [-0.4, -0.2) is 14.4 Å². The van der Waals surface area contributed by atoms with Crippen molar-refractivity contribution in [2.45, 2.75) is 18.7 Å². The zero-order chi connectivity index (χ0) is 20.1. The highest BCUT2D eigenvalue weighted by atomic mass is 32.2. The van der Waals surface area contributed by atoms with E-state index in [2.05, 4.69) is 10.6 Å². The number of anilines is 2. The van der Waals surface area contributed by atoms with Crippen LogP contribution in [0.4, 0.5) is 16.2 Å². The highest BCUT2D eigenvalue weighted by molar-refractivity contribution is 7.87. The first-order valence-electron chi connectivity index (χ1n) is 8.58. The number of hydrogen-bond acceptors (Lipinski definition) is 4. The van der Waals surface area contributed by atoms with Crippen LogP contribution in [0.3, 0.4) is 0 Å². The lowest BCUT2D eigenvalue weighted by Gasteiger charge is -2.11. The fraction of sp³-hybridized carbons (Fsp3) is 0.0952. The molecule has 0 atom stereocenters. The summed E-state index contributed by atoms with van der Waals surface area (Å²) in [6.07, 6.45) is 0. The van der Waals surface area contributed by atoms with E-state index in [0.717, 1.165) is 11.1 Å². The van der Waals surface area contributed by atoms with Crippen LogP contribution in [0.1, 0.15) is 11.1 Å². The van der Waals surface area contributed by atoms with E-state index in [9.17, 15) is 13.2 Å². The van der Waals surface area contributed by atoms with Gasteiger partial charge in [-0.2, -0.15) is 8.42 Å². The van der Waals surface area contributed by atoms with Gasteiger partial charge in [-0.1, -0.05) is 36.4 Å². The zero-order valence-corrected chi connectivity index (χ0v) is 16.3. The lowest BCUT2D eigenvalue weighted by molar-refractivity contribution is 0.262. The Labute approximate surface area is 164 Å². The Balaban J connectivity index is 1.72. The molecule has 0 aliphatic heterocycles. The largest absolute Gasteiger partial charge is 0.379 e. The molecule has 3 aromatic carbocycles. The third kappa shape index (κ3) is 4.89. The number of aryl methyl sites for hydroxylation is 2. The first-order chi connectivity index (χ1) is 13.3. The number of benzene rings is 3. The van der Waals surface area contributed by atoms with Crippen molar-refractivity contribution in [3.05, 3.63) is 83.9 Å². The van der Waals surface area contributed by atoms with Crippen molar-refractivity contribution in [3.8, 4) is 5.75 Å². The van der Waals surface area contributed by atoms with E-state index in [1.165, 1.54) is 24.3 Å². The van der Waals surface area contributed by atoms with E-state index in [1.807, 2.05) is 25.1 Å². The van der Waals surface area contributed by atoms with Gasteiger partial charge in [-0.25, -0.2) is 4.79 Å². The number of para-hydroxylation sites is 1. The van der Waals surface area contributed by atoms with Crippen molar-refractivity contribution < 1.29 is 17.4 Å². The van der Waals surface area contributed by atoms with E-state index < -0.39 is 16.1 Å². The number of rotatable bonds is 5. The van der Waals surface area contributed by atoms with Crippen LogP contribution in [0.25, 0.3) is 0 Å². The molecule has 0 aliphatic carbocycles.